The van der Waals surface area contributed by atoms with Gasteiger partial charge in [-0.3, -0.25) is 5.10 Å². The molecule has 0 aliphatic rings. The van der Waals surface area contributed by atoms with Crippen molar-refractivity contribution in [2.24, 2.45) is 0 Å². The Hall–Kier alpha value is -2.91. The molecular weight excluding hydrogens is 362 g/mol. The molecule has 0 aliphatic carbocycles. The van der Waals surface area contributed by atoms with Crippen molar-refractivity contribution in [3.63, 3.8) is 0 Å². The van der Waals surface area contributed by atoms with Crippen LogP contribution < -0.4 is 0 Å². The van der Waals surface area contributed by atoms with Crippen molar-refractivity contribution >= 4 is 0 Å². The molecule has 2 heterocycles. The molecule has 3 aromatic rings. The van der Waals surface area contributed by atoms with Gasteiger partial charge in [0.15, 0.2) is 5.82 Å². The molecule has 0 saturated heterocycles. The van der Waals surface area contributed by atoms with E-state index in [1.165, 1.54) is 0 Å². The first-order valence-corrected chi connectivity index (χ1v) is 7.20. The number of H-pyrrole nitrogens is 1. The van der Waals surface area contributed by atoms with Gasteiger partial charge < -0.3 is 0 Å². The highest BCUT2D eigenvalue weighted by Crippen LogP contribution is 2.35. The number of aryl methyl sites for hydroxylation is 1. The van der Waals surface area contributed by atoms with E-state index in [2.05, 4.69) is 20.2 Å². The Labute approximate surface area is 142 Å². The molecule has 0 saturated carbocycles. The zero-order chi connectivity index (χ0) is 19.1. The second kappa shape index (κ2) is 6.11. The van der Waals surface area contributed by atoms with E-state index in [-0.39, 0.29) is 22.8 Å². The number of nitrogens with one attached hydrogen (secondary N) is 1. The normalized spacial score (nSPS) is 12.4. The summed E-state index contributed by atoms with van der Waals surface area (Å²) in [5.41, 5.74) is -2.07. The van der Waals surface area contributed by atoms with Gasteiger partial charge in [0.05, 0.1) is 16.8 Å². The van der Waals surface area contributed by atoms with Gasteiger partial charge in [-0.25, -0.2) is 9.97 Å². The van der Waals surface area contributed by atoms with Crippen molar-refractivity contribution in [3.8, 4) is 22.8 Å². The molecule has 0 radical (unpaired) electrons. The molecule has 0 spiro atoms. The van der Waals surface area contributed by atoms with Crippen molar-refractivity contribution in [1.82, 2.24) is 20.2 Å². The maximum absolute atomic E-state index is 13.2. The first kappa shape index (κ1) is 17.9. The third-order valence-corrected chi connectivity index (χ3v) is 3.49. The fraction of sp³-hybridized carbons (Fsp3) is 0.188. The van der Waals surface area contributed by atoms with Crippen LogP contribution in [0, 0.1) is 6.92 Å². The summed E-state index contributed by atoms with van der Waals surface area (Å²) in [5, 5.41) is 6.28. The van der Waals surface area contributed by atoms with Gasteiger partial charge in [0.1, 0.15) is 11.5 Å². The number of rotatable bonds is 2. The van der Waals surface area contributed by atoms with Crippen LogP contribution >= 0.6 is 0 Å². The summed E-state index contributed by atoms with van der Waals surface area (Å²) in [4.78, 5) is 8.01. The minimum absolute atomic E-state index is 0.0400. The fourth-order valence-corrected chi connectivity index (χ4v) is 2.24. The molecule has 1 aromatic carbocycles. The van der Waals surface area contributed by atoms with Gasteiger partial charge in [0.25, 0.3) is 0 Å². The molecule has 0 fully saturated rings. The van der Waals surface area contributed by atoms with E-state index in [9.17, 15) is 26.3 Å². The molecule has 0 bridgehead atoms. The lowest BCUT2D eigenvalue weighted by atomic mass is 10.1. The Kier molecular flexibility index (Phi) is 4.21. The molecule has 4 nitrogen and oxygen atoms in total. The number of pyridine rings is 1. The van der Waals surface area contributed by atoms with Crippen LogP contribution in [-0.4, -0.2) is 20.2 Å². The summed E-state index contributed by atoms with van der Waals surface area (Å²) in [5.74, 6) is 0.344. The Morgan fingerprint density at radius 3 is 1.85 bits per heavy atom. The summed E-state index contributed by atoms with van der Waals surface area (Å²) < 4.78 is 77.5. The number of aromatic nitrogens is 4. The van der Waals surface area contributed by atoms with Gasteiger partial charge in [0.2, 0.25) is 0 Å². The smallest absolute Gasteiger partial charge is 0.263 e. The predicted molar refractivity (Wildman–Crippen MR) is 79.8 cm³/mol. The van der Waals surface area contributed by atoms with Gasteiger partial charge in [-0.15, -0.1) is 0 Å². The molecule has 0 atom stereocenters. The molecule has 3 rings (SSSR count). The van der Waals surface area contributed by atoms with E-state index in [0.29, 0.717) is 5.82 Å². The standard InChI is InChI=1S/C16H10F6N4/c1-8-23-14(26-25-8)13-7-11(16(20,21)22)6-12(24-13)9-2-4-10(5-3-9)15(17,18)19/h2-7H,1H3,(H,23,25,26). The number of nitrogens with zero attached hydrogens (tertiary/aromatic N) is 3. The van der Waals surface area contributed by atoms with Crippen molar-refractivity contribution in [2.45, 2.75) is 19.3 Å². The Balaban J connectivity index is 2.11. The molecule has 0 aliphatic heterocycles. The summed E-state index contributed by atoms with van der Waals surface area (Å²) >= 11 is 0. The third kappa shape index (κ3) is 3.68. The highest BCUT2D eigenvalue weighted by molar-refractivity contribution is 5.65. The largest absolute Gasteiger partial charge is 0.416 e. The molecular formula is C16H10F6N4. The van der Waals surface area contributed by atoms with E-state index < -0.39 is 23.5 Å². The maximum atomic E-state index is 13.2. The Morgan fingerprint density at radius 2 is 1.35 bits per heavy atom. The monoisotopic (exact) mass is 372 g/mol. The van der Waals surface area contributed by atoms with Crippen LogP contribution in [0.15, 0.2) is 36.4 Å². The van der Waals surface area contributed by atoms with E-state index in [1.807, 2.05) is 0 Å². The summed E-state index contributed by atoms with van der Waals surface area (Å²) in [6.07, 6.45) is -9.20. The second-order valence-corrected chi connectivity index (χ2v) is 5.44. The molecule has 2 aromatic heterocycles. The number of alkyl halides is 6. The third-order valence-electron chi connectivity index (χ3n) is 3.49. The minimum Gasteiger partial charge on any atom is -0.263 e. The lowest BCUT2D eigenvalue weighted by molar-refractivity contribution is -0.138. The first-order valence-electron chi connectivity index (χ1n) is 7.20. The van der Waals surface area contributed by atoms with Gasteiger partial charge in [-0.05, 0) is 31.2 Å². The average molecular weight is 372 g/mol. The van der Waals surface area contributed by atoms with E-state index in [1.54, 1.807) is 6.92 Å². The Bertz CT molecular complexity index is 925. The molecule has 0 unspecified atom stereocenters. The van der Waals surface area contributed by atoms with E-state index >= 15 is 0 Å². The van der Waals surface area contributed by atoms with E-state index in [0.717, 1.165) is 36.4 Å². The fourth-order valence-electron chi connectivity index (χ4n) is 2.24. The summed E-state index contributed by atoms with van der Waals surface area (Å²) in [6.45, 7) is 1.57. The van der Waals surface area contributed by atoms with E-state index in [4.69, 9.17) is 0 Å². The zero-order valence-electron chi connectivity index (χ0n) is 13.1. The summed E-state index contributed by atoms with van der Waals surface area (Å²) in [6, 6.07) is 5.26. The van der Waals surface area contributed by atoms with Crippen LogP contribution in [0.3, 0.4) is 0 Å². The number of halogens is 6. The average Bonchev–Trinajstić information content (AvgIpc) is 2.99. The van der Waals surface area contributed by atoms with Crippen molar-refractivity contribution in [3.05, 3.63) is 53.3 Å². The second-order valence-electron chi connectivity index (χ2n) is 5.44. The van der Waals surface area contributed by atoms with Crippen LogP contribution in [0.25, 0.3) is 22.8 Å². The SMILES string of the molecule is Cc1nc(-c2cc(C(F)(F)F)cc(-c3ccc(C(F)(F)F)cc3)n2)n[nH]1. The van der Waals surface area contributed by atoms with Gasteiger partial charge in [-0.1, -0.05) is 12.1 Å². The van der Waals surface area contributed by atoms with Crippen LogP contribution in [0.2, 0.25) is 0 Å². The predicted octanol–water partition coefficient (Wildman–Crippen LogP) is 4.88. The maximum Gasteiger partial charge on any atom is 0.416 e. The topological polar surface area (TPSA) is 54.5 Å². The number of aromatic amines is 1. The zero-order valence-corrected chi connectivity index (χ0v) is 13.1. The van der Waals surface area contributed by atoms with Crippen LogP contribution in [0.1, 0.15) is 17.0 Å². The lowest BCUT2D eigenvalue weighted by Crippen LogP contribution is -2.07. The van der Waals surface area contributed by atoms with Gasteiger partial charge in [0, 0.05) is 5.56 Å². The first-order chi connectivity index (χ1) is 12.0. The molecule has 0 amide bonds. The summed E-state index contributed by atoms with van der Waals surface area (Å²) in [7, 11) is 0. The molecule has 136 valence electrons. The Morgan fingerprint density at radius 1 is 0.769 bits per heavy atom. The van der Waals surface area contributed by atoms with Crippen LogP contribution in [0.5, 0.6) is 0 Å². The molecule has 1 N–H and O–H groups in total. The number of hydrogen-bond donors (Lipinski definition) is 1. The van der Waals surface area contributed by atoms with Crippen LogP contribution in [0.4, 0.5) is 26.3 Å². The quantitative estimate of drug-likeness (QED) is 0.653. The van der Waals surface area contributed by atoms with Crippen molar-refractivity contribution in [2.75, 3.05) is 0 Å². The highest BCUT2D eigenvalue weighted by Gasteiger charge is 2.33. The molecule has 26 heavy (non-hydrogen) atoms. The van der Waals surface area contributed by atoms with Crippen LogP contribution in [-0.2, 0) is 12.4 Å². The highest BCUT2D eigenvalue weighted by atomic mass is 19.4. The minimum atomic E-state index is -4.66. The number of hydrogen-bond acceptors (Lipinski definition) is 3. The molecule has 10 heteroatoms. The number of benzene rings is 1. The van der Waals surface area contributed by atoms with Gasteiger partial charge >= 0.3 is 12.4 Å². The van der Waals surface area contributed by atoms with Gasteiger partial charge in [-0.2, -0.15) is 31.4 Å². The van der Waals surface area contributed by atoms with Crippen molar-refractivity contribution in [1.29, 1.82) is 0 Å². The van der Waals surface area contributed by atoms with Crippen molar-refractivity contribution < 1.29 is 26.3 Å². The lowest BCUT2D eigenvalue weighted by Gasteiger charge is -2.11.